The molecule has 0 aliphatic carbocycles. The molecule has 0 aliphatic heterocycles. The van der Waals surface area contributed by atoms with E-state index in [1.54, 1.807) is 24.3 Å². The fourth-order valence-corrected chi connectivity index (χ4v) is 4.78. The van der Waals surface area contributed by atoms with Gasteiger partial charge in [-0.25, -0.2) is 9.37 Å². The van der Waals surface area contributed by atoms with Gasteiger partial charge < -0.3 is 10.1 Å². The van der Waals surface area contributed by atoms with Crippen molar-refractivity contribution in [2.24, 2.45) is 0 Å². The number of carbonyl (C=O) groups excluding carboxylic acids is 2. The Hall–Kier alpha value is -3.97. The van der Waals surface area contributed by atoms with E-state index in [-0.39, 0.29) is 10.7 Å². The van der Waals surface area contributed by atoms with E-state index in [4.69, 9.17) is 16.3 Å². The van der Waals surface area contributed by atoms with Gasteiger partial charge in [-0.2, -0.15) is 0 Å². The summed E-state index contributed by atoms with van der Waals surface area (Å²) >= 11 is 6.76. The Morgan fingerprint density at radius 1 is 1.03 bits per heavy atom. The number of nitrogens with one attached hydrogen (secondary N) is 1. The van der Waals surface area contributed by atoms with Crippen molar-refractivity contribution >= 4 is 40.0 Å². The van der Waals surface area contributed by atoms with Gasteiger partial charge in [0.2, 0.25) is 5.91 Å². The highest BCUT2D eigenvalue weighted by atomic mass is 35.5. The number of rotatable bonds is 6. The molecule has 8 heteroatoms. The number of methoxy groups -OCH3 is 1. The molecule has 6 nitrogen and oxygen atoms in total. The van der Waals surface area contributed by atoms with E-state index in [0.29, 0.717) is 22.5 Å². The molecule has 0 aliphatic rings. The van der Waals surface area contributed by atoms with Gasteiger partial charge in [-0.15, -0.1) is 0 Å². The van der Waals surface area contributed by atoms with Crippen LogP contribution in [0.5, 0.6) is 5.75 Å². The topological polar surface area (TPSA) is 71.5 Å². The lowest BCUT2D eigenvalue weighted by Gasteiger charge is -2.34. The number of pyridine rings is 1. The molecular weight excluding hydrogens is 517 g/mol. The summed E-state index contributed by atoms with van der Waals surface area (Å²) in [6.45, 7) is 9.47. The lowest BCUT2D eigenvalue weighted by Crippen LogP contribution is -2.49. The molecule has 1 aromatic heterocycles. The molecule has 4 aromatic rings. The quantitative estimate of drug-likeness (QED) is 0.265. The number of halogens is 2. The minimum Gasteiger partial charge on any atom is -0.497 e. The number of nitrogens with zero attached hydrogens (tertiary/aromatic N) is 2. The number of hydrogen-bond acceptors (Lipinski definition) is 4. The zero-order chi connectivity index (χ0) is 28.5. The van der Waals surface area contributed by atoms with Crippen LogP contribution in [-0.4, -0.2) is 29.4 Å². The second-order valence-electron chi connectivity index (χ2n) is 10.5. The normalized spacial score (nSPS) is 12.2. The van der Waals surface area contributed by atoms with Gasteiger partial charge in [0.25, 0.3) is 5.91 Å². The monoisotopic (exact) mass is 547 g/mol. The highest BCUT2D eigenvalue weighted by Crippen LogP contribution is 2.36. The van der Waals surface area contributed by atoms with Gasteiger partial charge in [0.1, 0.15) is 22.8 Å². The number of anilines is 1. The van der Waals surface area contributed by atoms with Crippen LogP contribution in [-0.2, 0) is 4.79 Å². The smallest absolute Gasteiger partial charge is 0.259 e. The van der Waals surface area contributed by atoms with Crippen LogP contribution in [0.3, 0.4) is 0 Å². The first-order valence-electron chi connectivity index (χ1n) is 12.5. The average molecular weight is 548 g/mol. The predicted molar refractivity (Wildman–Crippen MR) is 153 cm³/mol. The van der Waals surface area contributed by atoms with Gasteiger partial charge >= 0.3 is 0 Å². The molecule has 0 spiro atoms. The highest BCUT2D eigenvalue weighted by Gasteiger charge is 2.37. The summed E-state index contributed by atoms with van der Waals surface area (Å²) in [7, 11) is 1.51. The Labute approximate surface area is 232 Å². The summed E-state index contributed by atoms with van der Waals surface area (Å²) in [6, 6.07) is 16.6. The molecule has 0 bridgehead atoms. The van der Waals surface area contributed by atoms with Crippen molar-refractivity contribution in [3.63, 3.8) is 0 Å². The van der Waals surface area contributed by atoms with Crippen molar-refractivity contribution < 1.29 is 18.7 Å². The molecule has 4 rings (SSSR count). The van der Waals surface area contributed by atoms with Gasteiger partial charge in [-0.05, 0) is 100 Å². The van der Waals surface area contributed by atoms with E-state index < -0.39 is 29.2 Å². The van der Waals surface area contributed by atoms with E-state index in [1.165, 1.54) is 36.3 Å². The number of fused-ring (bicyclic) bond motifs is 1. The zero-order valence-electron chi connectivity index (χ0n) is 22.8. The van der Waals surface area contributed by atoms with Crippen LogP contribution in [0.2, 0.25) is 5.15 Å². The molecule has 1 atom stereocenters. The van der Waals surface area contributed by atoms with Gasteiger partial charge in [-0.1, -0.05) is 23.7 Å². The Morgan fingerprint density at radius 3 is 2.36 bits per heavy atom. The van der Waals surface area contributed by atoms with Crippen LogP contribution >= 0.6 is 11.6 Å². The minimum absolute atomic E-state index is 0.0899. The van der Waals surface area contributed by atoms with E-state index in [9.17, 15) is 14.0 Å². The van der Waals surface area contributed by atoms with Crippen LogP contribution in [0.1, 0.15) is 53.9 Å². The van der Waals surface area contributed by atoms with Crippen molar-refractivity contribution in [2.75, 3.05) is 12.0 Å². The van der Waals surface area contributed by atoms with Crippen LogP contribution in [0.4, 0.5) is 10.1 Å². The van der Waals surface area contributed by atoms with Crippen LogP contribution < -0.4 is 15.0 Å². The maximum absolute atomic E-state index is 14.2. The van der Waals surface area contributed by atoms with Crippen molar-refractivity contribution in [3.05, 3.63) is 100.0 Å². The third kappa shape index (κ3) is 6.20. The molecule has 0 fully saturated rings. The Kier molecular flexibility index (Phi) is 7.93. The number of carbonyl (C=O) groups is 2. The predicted octanol–water partition coefficient (Wildman–Crippen LogP) is 6.96. The van der Waals surface area contributed by atoms with Crippen molar-refractivity contribution in [3.8, 4) is 5.75 Å². The van der Waals surface area contributed by atoms with Crippen LogP contribution in [0.15, 0.2) is 66.7 Å². The summed E-state index contributed by atoms with van der Waals surface area (Å²) in [6.07, 6.45) is 0. The molecule has 0 radical (unpaired) electrons. The average Bonchev–Trinajstić information content (AvgIpc) is 2.86. The minimum atomic E-state index is -1.22. The summed E-state index contributed by atoms with van der Waals surface area (Å²) in [5, 5.41) is 3.89. The fourth-order valence-electron chi connectivity index (χ4n) is 4.53. The van der Waals surface area contributed by atoms with E-state index in [0.717, 1.165) is 16.5 Å². The number of amides is 2. The standard InChI is InChI=1S/C31H31ClFN3O3/c1-18-14-19(2)24-17-25(28(32)34-26(24)15-18)27(29(37)35-31(3,4)5)36(22-12-10-21(33)11-13-22)30(38)20-8-7-9-23(16-20)39-6/h7-17,27H,1-6H3,(H,35,37). The zero-order valence-corrected chi connectivity index (χ0v) is 23.6. The number of hydrogen-bond donors (Lipinski definition) is 1. The van der Waals surface area contributed by atoms with Gasteiger partial charge in [0.15, 0.2) is 0 Å². The molecule has 2 amide bonds. The fraction of sp³-hybridized carbons (Fsp3) is 0.258. The van der Waals surface area contributed by atoms with Gasteiger partial charge in [0.05, 0.1) is 12.6 Å². The first-order chi connectivity index (χ1) is 18.4. The molecule has 39 heavy (non-hydrogen) atoms. The lowest BCUT2D eigenvalue weighted by molar-refractivity contribution is -0.123. The molecule has 0 saturated heterocycles. The van der Waals surface area contributed by atoms with Gasteiger partial charge in [-0.3, -0.25) is 14.5 Å². The molecule has 1 unspecified atom stereocenters. The van der Waals surface area contributed by atoms with E-state index in [1.807, 2.05) is 52.8 Å². The Morgan fingerprint density at radius 2 is 1.72 bits per heavy atom. The Bertz CT molecular complexity index is 1550. The number of aryl methyl sites for hydroxylation is 2. The SMILES string of the molecule is COc1cccc(C(=O)N(c2ccc(F)cc2)C(C(=O)NC(C)(C)C)c2cc3c(C)cc(C)cc3nc2Cl)c1. The second kappa shape index (κ2) is 11.0. The lowest BCUT2D eigenvalue weighted by atomic mass is 9.98. The third-order valence-corrected chi connectivity index (χ3v) is 6.51. The van der Waals surface area contributed by atoms with Crippen molar-refractivity contribution in [2.45, 2.75) is 46.2 Å². The molecule has 202 valence electrons. The largest absolute Gasteiger partial charge is 0.497 e. The molecule has 0 saturated carbocycles. The number of ether oxygens (including phenoxy) is 1. The maximum Gasteiger partial charge on any atom is 0.259 e. The van der Waals surface area contributed by atoms with E-state index >= 15 is 0 Å². The number of benzene rings is 3. The third-order valence-electron chi connectivity index (χ3n) is 6.21. The first kappa shape index (κ1) is 28.0. The molecule has 1 heterocycles. The molecule has 1 N–H and O–H groups in total. The highest BCUT2D eigenvalue weighted by molar-refractivity contribution is 6.31. The van der Waals surface area contributed by atoms with E-state index in [2.05, 4.69) is 10.3 Å². The number of aromatic nitrogens is 1. The Balaban J connectivity index is 2.00. The van der Waals surface area contributed by atoms with Crippen LogP contribution in [0.25, 0.3) is 10.9 Å². The van der Waals surface area contributed by atoms with Crippen molar-refractivity contribution in [1.29, 1.82) is 0 Å². The summed E-state index contributed by atoms with van der Waals surface area (Å²) in [5.41, 5.74) is 2.99. The summed E-state index contributed by atoms with van der Waals surface area (Å²) in [4.78, 5) is 34.2. The first-order valence-corrected chi connectivity index (χ1v) is 12.9. The van der Waals surface area contributed by atoms with Crippen LogP contribution in [0, 0.1) is 19.7 Å². The summed E-state index contributed by atoms with van der Waals surface area (Å²) < 4.78 is 19.3. The second-order valence-corrected chi connectivity index (χ2v) is 10.9. The molecular formula is C31H31ClFN3O3. The summed E-state index contributed by atoms with van der Waals surface area (Å²) in [5.74, 6) is -0.950. The van der Waals surface area contributed by atoms with Crippen molar-refractivity contribution in [1.82, 2.24) is 10.3 Å². The molecule has 3 aromatic carbocycles. The maximum atomic E-state index is 14.2. The van der Waals surface area contributed by atoms with Gasteiger partial charge in [0, 0.05) is 27.7 Å².